The second-order valence-electron chi connectivity index (χ2n) is 9.53. The van der Waals surface area contributed by atoms with Crippen molar-refractivity contribution in [1.82, 2.24) is 0 Å². The minimum Gasteiger partial charge on any atom is -0.0654 e. The van der Waals surface area contributed by atoms with E-state index in [1.807, 2.05) is 0 Å². The summed E-state index contributed by atoms with van der Waals surface area (Å²) in [6.45, 7) is 14.4. The van der Waals surface area contributed by atoms with Crippen LogP contribution < -0.4 is 0 Å². The van der Waals surface area contributed by atoms with E-state index in [0.29, 0.717) is 0 Å². The Morgan fingerprint density at radius 2 is 1.08 bits per heavy atom. The molecule has 0 bridgehead atoms. The Balaban J connectivity index is 3.68. The zero-order valence-corrected chi connectivity index (χ0v) is 18.9. The maximum Gasteiger partial charge on any atom is -0.0414 e. The SMILES string of the molecule is CCCCCCCCC(C)CC(CC)CCCC(C)CCCC(C)C. The molecular formula is C25H52. The Morgan fingerprint density at radius 3 is 1.68 bits per heavy atom. The van der Waals surface area contributed by atoms with Gasteiger partial charge in [-0.15, -0.1) is 0 Å². The summed E-state index contributed by atoms with van der Waals surface area (Å²) < 4.78 is 0. The lowest BCUT2D eigenvalue weighted by Crippen LogP contribution is -2.07. The Kier molecular flexibility index (Phi) is 17.4. The van der Waals surface area contributed by atoms with Crippen molar-refractivity contribution in [1.29, 1.82) is 0 Å². The van der Waals surface area contributed by atoms with E-state index in [2.05, 4.69) is 41.5 Å². The van der Waals surface area contributed by atoms with Crippen molar-refractivity contribution in [3.8, 4) is 0 Å². The number of hydrogen-bond donors (Lipinski definition) is 0. The molecule has 0 saturated carbocycles. The molecule has 0 aliphatic carbocycles. The van der Waals surface area contributed by atoms with Crippen LogP contribution in [0.3, 0.4) is 0 Å². The summed E-state index contributed by atoms with van der Waals surface area (Å²) in [6.07, 6.45) is 21.7. The first-order valence-electron chi connectivity index (χ1n) is 12.0. The van der Waals surface area contributed by atoms with Gasteiger partial charge in [-0.25, -0.2) is 0 Å². The second-order valence-corrected chi connectivity index (χ2v) is 9.53. The van der Waals surface area contributed by atoms with Gasteiger partial charge < -0.3 is 0 Å². The largest absolute Gasteiger partial charge is 0.0654 e. The van der Waals surface area contributed by atoms with Crippen molar-refractivity contribution in [2.24, 2.45) is 23.7 Å². The van der Waals surface area contributed by atoms with Crippen molar-refractivity contribution in [3.63, 3.8) is 0 Å². The van der Waals surface area contributed by atoms with Gasteiger partial charge in [0.2, 0.25) is 0 Å². The van der Waals surface area contributed by atoms with Crippen LogP contribution in [0.15, 0.2) is 0 Å². The molecule has 0 fully saturated rings. The standard InChI is InChI=1S/C25H52/c1-7-9-10-11-12-13-17-24(6)21-25(8-2)20-15-19-23(5)18-14-16-22(3)4/h22-25H,7-21H2,1-6H3. The molecule has 0 aliphatic heterocycles. The van der Waals surface area contributed by atoms with Gasteiger partial charge >= 0.3 is 0 Å². The van der Waals surface area contributed by atoms with Crippen LogP contribution in [0.4, 0.5) is 0 Å². The van der Waals surface area contributed by atoms with E-state index < -0.39 is 0 Å². The van der Waals surface area contributed by atoms with Crippen LogP contribution in [0.2, 0.25) is 0 Å². The van der Waals surface area contributed by atoms with Crippen molar-refractivity contribution < 1.29 is 0 Å². The highest BCUT2D eigenvalue weighted by atomic mass is 14.2. The predicted octanol–water partition coefficient (Wildman–Crippen LogP) is 9.42. The van der Waals surface area contributed by atoms with Crippen LogP contribution in [-0.4, -0.2) is 0 Å². The maximum absolute atomic E-state index is 2.50. The fourth-order valence-corrected chi connectivity index (χ4v) is 4.22. The molecular weight excluding hydrogens is 300 g/mol. The lowest BCUT2D eigenvalue weighted by Gasteiger charge is -2.21. The molecule has 0 aromatic carbocycles. The van der Waals surface area contributed by atoms with E-state index in [1.165, 1.54) is 96.3 Å². The molecule has 3 unspecified atom stereocenters. The highest BCUT2D eigenvalue weighted by Gasteiger charge is 2.12. The van der Waals surface area contributed by atoms with Crippen LogP contribution >= 0.6 is 0 Å². The molecule has 0 aliphatic rings. The Labute approximate surface area is 161 Å². The monoisotopic (exact) mass is 352 g/mol. The van der Waals surface area contributed by atoms with Crippen molar-refractivity contribution >= 4 is 0 Å². The van der Waals surface area contributed by atoms with Crippen LogP contribution in [0, 0.1) is 23.7 Å². The lowest BCUT2D eigenvalue weighted by atomic mass is 9.85. The van der Waals surface area contributed by atoms with Gasteiger partial charge in [-0.05, 0) is 30.1 Å². The molecule has 3 atom stereocenters. The summed E-state index contributed by atoms with van der Waals surface area (Å²) in [7, 11) is 0. The highest BCUT2D eigenvalue weighted by molar-refractivity contribution is 4.65. The molecule has 0 heteroatoms. The van der Waals surface area contributed by atoms with Crippen molar-refractivity contribution in [3.05, 3.63) is 0 Å². The third kappa shape index (κ3) is 17.2. The first-order chi connectivity index (χ1) is 12.0. The van der Waals surface area contributed by atoms with Gasteiger partial charge in [0.05, 0.1) is 0 Å². The van der Waals surface area contributed by atoms with Crippen LogP contribution in [-0.2, 0) is 0 Å². The zero-order chi connectivity index (χ0) is 18.9. The van der Waals surface area contributed by atoms with Gasteiger partial charge in [0, 0.05) is 0 Å². The van der Waals surface area contributed by atoms with Gasteiger partial charge in [-0.3, -0.25) is 0 Å². The molecule has 0 saturated heterocycles. The molecule has 0 spiro atoms. The number of unbranched alkanes of at least 4 members (excludes halogenated alkanes) is 5. The maximum atomic E-state index is 2.50. The molecule has 25 heavy (non-hydrogen) atoms. The van der Waals surface area contributed by atoms with E-state index in [4.69, 9.17) is 0 Å². The molecule has 0 aromatic heterocycles. The third-order valence-electron chi connectivity index (χ3n) is 6.15. The fraction of sp³-hybridized carbons (Fsp3) is 1.00. The minimum atomic E-state index is 0.879. The van der Waals surface area contributed by atoms with Gasteiger partial charge in [0.1, 0.15) is 0 Å². The zero-order valence-electron chi connectivity index (χ0n) is 18.9. The third-order valence-corrected chi connectivity index (χ3v) is 6.15. The number of hydrogen-bond acceptors (Lipinski definition) is 0. The molecule has 0 heterocycles. The first kappa shape index (κ1) is 25.0. The Morgan fingerprint density at radius 1 is 0.520 bits per heavy atom. The van der Waals surface area contributed by atoms with Gasteiger partial charge in [0.25, 0.3) is 0 Å². The topological polar surface area (TPSA) is 0 Å². The molecule has 0 N–H and O–H groups in total. The van der Waals surface area contributed by atoms with Crippen LogP contribution in [0.1, 0.15) is 138 Å². The summed E-state index contributed by atoms with van der Waals surface area (Å²) in [5, 5.41) is 0. The highest BCUT2D eigenvalue weighted by Crippen LogP contribution is 2.26. The summed E-state index contributed by atoms with van der Waals surface area (Å²) >= 11 is 0. The fourth-order valence-electron chi connectivity index (χ4n) is 4.22. The van der Waals surface area contributed by atoms with Crippen molar-refractivity contribution in [2.45, 2.75) is 138 Å². The predicted molar refractivity (Wildman–Crippen MR) is 117 cm³/mol. The van der Waals surface area contributed by atoms with E-state index in [9.17, 15) is 0 Å². The smallest absolute Gasteiger partial charge is 0.0414 e. The second kappa shape index (κ2) is 17.4. The lowest BCUT2D eigenvalue weighted by molar-refractivity contribution is 0.319. The van der Waals surface area contributed by atoms with Crippen LogP contribution in [0.5, 0.6) is 0 Å². The van der Waals surface area contributed by atoms with Gasteiger partial charge in [-0.1, -0.05) is 131 Å². The average molecular weight is 353 g/mol. The molecule has 0 nitrogen and oxygen atoms in total. The van der Waals surface area contributed by atoms with Crippen molar-refractivity contribution in [2.75, 3.05) is 0 Å². The Hall–Kier alpha value is 0. The molecule has 0 rings (SSSR count). The van der Waals surface area contributed by atoms with Gasteiger partial charge in [-0.2, -0.15) is 0 Å². The summed E-state index contributed by atoms with van der Waals surface area (Å²) in [6, 6.07) is 0. The Bertz CT molecular complexity index is 255. The molecule has 152 valence electrons. The molecule has 0 radical (unpaired) electrons. The van der Waals surface area contributed by atoms with E-state index in [1.54, 1.807) is 0 Å². The summed E-state index contributed by atoms with van der Waals surface area (Å²) in [5.41, 5.74) is 0. The van der Waals surface area contributed by atoms with Crippen LogP contribution in [0.25, 0.3) is 0 Å². The van der Waals surface area contributed by atoms with E-state index in [-0.39, 0.29) is 0 Å². The van der Waals surface area contributed by atoms with Gasteiger partial charge in [0.15, 0.2) is 0 Å². The summed E-state index contributed by atoms with van der Waals surface area (Å²) in [5.74, 6) is 3.75. The molecule has 0 aromatic rings. The number of rotatable bonds is 18. The average Bonchev–Trinajstić information content (AvgIpc) is 2.56. The van der Waals surface area contributed by atoms with E-state index in [0.717, 1.165) is 23.7 Å². The summed E-state index contributed by atoms with van der Waals surface area (Å²) in [4.78, 5) is 0. The first-order valence-corrected chi connectivity index (χ1v) is 12.0. The molecule has 0 amide bonds. The quantitative estimate of drug-likeness (QED) is 0.215. The normalized spacial score (nSPS) is 15.5. The minimum absolute atomic E-state index is 0.879. The van der Waals surface area contributed by atoms with E-state index >= 15 is 0 Å².